The van der Waals surface area contributed by atoms with Crippen molar-refractivity contribution in [3.8, 4) is 22.5 Å². The second-order valence-corrected chi connectivity index (χ2v) is 7.38. The Morgan fingerprint density at radius 1 is 1.00 bits per heavy atom. The van der Waals surface area contributed by atoms with Crippen LogP contribution in [0.4, 0.5) is 10.1 Å². The average Bonchev–Trinajstić information content (AvgIpc) is 3.17. The molecule has 0 saturated heterocycles. The zero-order valence-corrected chi connectivity index (χ0v) is 18.0. The number of carbonyl (C=O) groups is 1. The van der Waals surface area contributed by atoms with Gasteiger partial charge in [0, 0.05) is 48.9 Å². The number of anilines is 1. The number of furan rings is 1. The van der Waals surface area contributed by atoms with Crippen molar-refractivity contribution in [1.82, 2.24) is 10.0 Å². The molecule has 3 N–H and O–H groups in total. The molecule has 0 bridgehead atoms. The van der Waals surface area contributed by atoms with Crippen LogP contribution in [0.25, 0.3) is 33.4 Å². The first-order valence-electron chi connectivity index (χ1n) is 9.78. The van der Waals surface area contributed by atoms with Crippen LogP contribution in [0.3, 0.4) is 0 Å². The van der Waals surface area contributed by atoms with Crippen LogP contribution in [0.5, 0.6) is 0 Å². The molecule has 1 aromatic heterocycles. The molecule has 0 aliphatic carbocycles. The molecular formula is C24H22FN3O2S. The Labute approximate surface area is 185 Å². The van der Waals surface area contributed by atoms with Crippen molar-refractivity contribution in [2.45, 2.75) is 6.54 Å². The van der Waals surface area contributed by atoms with Crippen LogP contribution >= 0.6 is 12.8 Å². The normalized spacial score (nSPS) is 11.0. The minimum atomic E-state index is -0.349. The Morgan fingerprint density at radius 2 is 1.68 bits per heavy atom. The molecule has 1 heterocycles. The molecule has 0 unspecified atom stereocenters. The number of hydrogen-bond donors (Lipinski definition) is 4. The molecule has 0 aliphatic rings. The molecule has 158 valence electrons. The summed E-state index contributed by atoms with van der Waals surface area (Å²) in [6.45, 7) is 0.658. The van der Waals surface area contributed by atoms with E-state index in [2.05, 4.69) is 28.2 Å². The number of rotatable bonds is 6. The lowest BCUT2D eigenvalue weighted by Gasteiger charge is -2.11. The van der Waals surface area contributed by atoms with Crippen LogP contribution in [0.2, 0.25) is 0 Å². The molecule has 0 fully saturated rings. The quantitative estimate of drug-likeness (QED) is 0.313. The molecule has 4 aromatic rings. The van der Waals surface area contributed by atoms with Crippen molar-refractivity contribution >= 4 is 35.4 Å². The number of amides is 1. The number of nitrogens with one attached hydrogen (secondary N) is 3. The third kappa shape index (κ3) is 4.02. The zero-order valence-electron chi connectivity index (χ0n) is 17.1. The van der Waals surface area contributed by atoms with E-state index in [1.165, 1.54) is 12.1 Å². The standard InChI is InChI=1S/C24H22FN3O2S/c1-26-20-12-21-19(11-18(20)15-5-3-14(4-6-15)13-28-31)22(24(29)27-2)23(30-21)16-7-9-17(25)10-8-16/h3-12,26,28,31H,13H2,1-2H3,(H,27,29). The molecule has 0 atom stereocenters. The van der Waals surface area contributed by atoms with Gasteiger partial charge in [-0.2, -0.15) is 0 Å². The summed E-state index contributed by atoms with van der Waals surface area (Å²) >= 11 is 4.05. The highest BCUT2D eigenvalue weighted by Gasteiger charge is 2.23. The van der Waals surface area contributed by atoms with Crippen molar-refractivity contribution in [2.24, 2.45) is 0 Å². The predicted molar refractivity (Wildman–Crippen MR) is 126 cm³/mol. The molecular weight excluding hydrogens is 413 g/mol. The fourth-order valence-corrected chi connectivity index (χ4v) is 3.82. The summed E-state index contributed by atoms with van der Waals surface area (Å²) in [5.74, 6) is -0.210. The molecule has 4 rings (SSSR count). The fraction of sp³-hybridized carbons (Fsp3) is 0.125. The van der Waals surface area contributed by atoms with E-state index in [-0.39, 0.29) is 11.7 Å². The van der Waals surface area contributed by atoms with Crippen LogP contribution in [0, 0.1) is 5.82 Å². The van der Waals surface area contributed by atoms with Crippen molar-refractivity contribution in [1.29, 1.82) is 0 Å². The maximum absolute atomic E-state index is 13.4. The van der Waals surface area contributed by atoms with E-state index in [1.54, 1.807) is 19.2 Å². The number of hydrogen-bond acceptors (Lipinski definition) is 5. The Balaban J connectivity index is 1.93. The minimum absolute atomic E-state index is 0.267. The summed E-state index contributed by atoms with van der Waals surface area (Å²) in [5.41, 5.74) is 5.55. The van der Waals surface area contributed by atoms with E-state index in [0.29, 0.717) is 34.4 Å². The predicted octanol–water partition coefficient (Wildman–Crippen LogP) is 5.24. The lowest BCUT2D eigenvalue weighted by molar-refractivity contribution is 0.0964. The van der Waals surface area contributed by atoms with Gasteiger partial charge >= 0.3 is 0 Å². The monoisotopic (exact) mass is 435 g/mol. The van der Waals surface area contributed by atoms with E-state index in [0.717, 1.165) is 22.4 Å². The summed E-state index contributed by atoms with van der Waals surface area (Å²) in [7, 11) is 3.42. The highest BCUT2D eigenvalue weighted by atomic mass is 32.1. The summed E-state index contributed by atoms with van der Waals surface area (Å²) in [5, 5.41) is 6.59. The highest BCUT2D eigenvalue weighted by molar-refractivity contribution is 7.78. The Bertz CT molecular complexity index is 1230. The number of fused-ring (bicyclic) bond motifs is 1. The fourth-order valence-electron chi connectivity index (χ4n) is 3.64. The van der Waals surface area contributed by atoms with Crippen molar-refractivity contribution in [3.05, 3.63) is 77.6 Å². The second kappa shape index (κ2) is 8.83. The van der Waals surface area contributed by atoms with Gasteiger partial charge in [0.25, 0.3) is 5.91 Å². The molecule has 31 heavy (non-hydrogen) atoms. The van der Waals surface area contributed by atoms with Crippen LogP contribution in [0.1, 0.15) is 15.9 Å². The van der Waals surface area contributed by atoms with Crippen molar-refractivity contribution in [3.63, 3.8) is 0 Å². The number of benzene rings is 3. The number of halogens is 1. The van der Waals surface area contributed by atoms with Crippen LogP contribution in [-0.4, -0.2) is 20.0 Å². The second-order valence-electron chi connectivity index (χ2n) is 7.07. The van der Waals surface area contributed by atoms with Crippen molar-refractivity contribution in [2.75, 3.05) is 19.4 Å². The molecule has 0 radical (unpaired) electrons. The number of thiol groups is 1. The summed E-state index contributed by atoms with van der Waals surface area (Å²) < 4.78 is 22.4. The van der Waals surface area contributed by atoms with E-state index < -0.39 is 0 Å². The lowest BCUT2D eigenvalue weighted by atomic mass is 9.98. The van der Waals surface area contributed by atoms with Gasteiger partial charge in [0.1, 0.15) is 17.2 Å². The van der Waals surface area contributed by atoms with E-state index in [9.17, 15) is 9.18 Å². The molecule has 7 heteroatoms. The molecule has 0 aliphatic heterocycles. The third-order valence-electron chi connectivity index (χ3n) is 5.21. The number of carbonyl (C=O) groups excluding carboxylic acids is 1. The summed E-state index contributed by atoms with van der Waals surface area (Å²) in [4.78, 5) is 12.8. The summed E-state index contributed by atoms with van der Waals surface area (Å²) in [6, 6.07) is 17.9. The first-order chi connectivity index (χ1) is 15.0. The third-order valence-corrected chi connectivity index (χ3v) is 5.36. The first-order valence-corrected chi connectivity index (χ1v) is 10.2. The van der Waals surface area contributed by atoms with Gasteiger partial charge in [-0.05, 0) is 41.5 Å². The Kier molecular flexibility index (Phi) is 5.97. The van der Waals surface area contributed by atoms with E-state index >= 15 is 0 Å². The van der Waals surface area contributed by atoms with Crippen molar-refractivity contribution < 1.29 is 13.6 Å². The molecule has 0 spiro atoms. The van der Waals surface area contributed by atoms with Gasteiger partial charge in [-0.3, -0.25) is 9.52 Å². The van der Waals surface area contributed by atoms with Gasteiger partial charge in [-0.1, -0.05) is 37.1 Å². The van der Waals surface area contributed by atoms with Crippen LogP contribution in [0.15, 0.2) is 65.1 Å². The highest BCUT2D eigenvalue weighted by Crippen LogP contribution is 2.39. The summed E-state index contributed by atoms with van der Waals surface area (Å²) in [6.07, 6.45) is 0. The lowest BCUT2D eigenvalue weighted by Crippen LogP contribution is -2.18. The van der Waals surface area contributed by atoms with Crippen LogP contribution < -0.4 is 15.4 Å². The van der Waals surface area contributed by atoms with Gasteiger partial charge in [0.2, 0.25) is 0 Å². The SMILES string of the molecule is CNC(=O)c1c(-c2ccc(F)cc2)oc2cc(NC)c(-c3ccc(CNS)cc3)cc12. The smallest absolute Gasteiger partial charge is 0.255 e. The van der Waals surface area contributed by atoms with Gasteiger partial charge < -0.3 is 15.1 Å². The molecule has 1 amide bonds. The van der Waals surface area contributed by atoms with Gasteiger partial charge in [0.05, 0.1) is 5.56 Å². The maximum Gasteiger partial charge on any atom is 0.255 e. The molecule has 5 nitrogen and oxygen atoms in total. The molecule has 3 aromatic carbocycles. The average molecular weight is 436 g/mol. The zero-order chi connectivity index (χ0) is 22.0. The van der Waals surface area contributed by atoms with Crippen LogP contribution in [-0.2, 0) is 6.54 Å². The van der Waals surface area contributed by atoms with E-state index in [4.69, 9.17) is 4.42 Å². The molecule has 0 saturated carbocycles. The van der Waals surface area contributed by atoms with Gasteiger partial charge in [0.15, 0.2) is 0 Å². The van der Waals surface area contributed by atoms with E-state index in [1.807, 2.05) is 43.4 Å². The minimum Gasteiger partial charge on any atom is -0.455 e. The Morgan fingerprint density at radius 3 is 2.29 bits per heavy atom. The maximum atomic E-state index is 13.4. The topological polar surface area (TPSA) is 66.3 Å². The first kappa shape index (κ1) is 21.0. The van der Waals surface area contributed by atoms with Gasteiger partial charge in [-0.25, -0.2) is 4.39 Å². The van der Waals surface area contributed by atoms with Gasteiger partial charge in [-0.15, -0.1) is 0 Å². The largest absolute Gasteiger partial charge is 0.455 e. The Hall–Kier alpha value is -3.29.